The number of aromatic nitrogens is 2. The highest BCUT2D eigenvalue weighted by Crippen LogP contribution is 2.22. The summed E-state index contributed by atoms with van der Waals surface area (Å²) in [6.07, 6.45) is 0. The second-order valence-corrected chi connectivity index (χ2v) is 4.85. The summed E-state index contributed by atoms with van der Waals surface area (Å²) in [6.45, 7) is 1.84. The number of nitrogens with one attached hydrogen (secondary N) is 1. The molecule has 1 amide bonds. The number of carbonyl (C=O) groups is 1. The fourth-order valence-corrected chi connectivity index (χ4v) is 2.29. The minimum Gasteiger partial charge on any atom is -0.497 e. The van der Waals surface area contributed by atoms with Gasteiger partial charge in [0.2, 0.25) is 0 Å². The Labute approximate surface area is 119 Å². The van der Waals surface area contributed by atoms with Gasteiger partial charge in [0, 0.05) is 18.8 Å². The van der Waals surface area contributed by atoms with Gasteiger partial charge in [0.15, 0.2) is 0 Å². The van der Waals surface area contributed by atoms with Crippen LogP contribution < -0.4 is 10.1 Å². The number of ether oxygens (including phenoxy) is 1. The second-order valence-electron chi connectivity index (χ2n) is 4.06. The summed E-state index contributed by atoms with van der Waals surface area (Å²) < 4.78 is 7.37. The van der Waals surface area contributed by atoms with E-state index in [1.165, 1.54) is 0 Å². The molecule has 1 heterocycles. The Morgan fingerprint density at radius 3 is 2.79 bits per heavy atom. The summed E-state index contributed by atoms with van der Waals surface area (Å²) in [5.74, 6) is 0.473. The van der Waals surface area contributed by atoms with E-state index in [-0.39, 0.29) is 5.91 Å². The van der Waals surface area contributed by atoms with Gasteiger partial charge in [-0.2, -0.15) is 5.10 Å². The van der Waals surface area contributed by atoms with Crippen LogP contribution in [0, 0.1) is 6.92 Å². The zero-order valence-corrected chi connectivity index (χ0v) is 12.5. The molecule has 0 spiro atoms. The maximum Gasteiger partial charge on any atom is 0.275 e. The molecule has 5 nitrogen and oxygen atoms in total. The standard InChI is InChI=1S/C13H14BrN3O2/c1-8-11(14)12(17(2)16-8)13(18)15-9-5-4-6-10(7-9)19-3/h4-7H,1-3H3,(H,15,18). The summed E-state index contributed by atoms with van der Waals surface area (Å²) >= 11 is 3.37. The van der Waals surface area contributed by atoms with Gasteiger partial charge in [0.25, 0.3) is 5.91 Å². The molecule has 0 aliphatic rings. The number of anilines is 1. The summed E-state index contributed by atoms with van der Waals surface area (Å²) in [4.78, 5) is 12.2. The van der Waals surface area contributed by atoms with Crippen molar-refractivity contribution in [1.82, 2.24) is 9.78 Å². The molecule has 1 aromatic carbocycles. The lowest BCUT2D eigenvalue weighted by atomic mass is 10.3. The molecule has 100 valence electrons. The number of hydrogen-bond donors (Lipinski definition) is 1. The number of methoxy groups -OCH3 is 1. The number of nitrogens with zero attached hydrogens (tertiary/aromatic N) is 2. The summed E-state index contributed by atoms with van der Waals surface area (Å²) in [6, 6.07) is 7.20. The van der Waals surface area contributed by atoms with Gasteiger partial charge in [-0.05, 0) is 35.0 Å². The third-order valence-electron chi connectivity index (χ3n) is 2.69. The normalized spacial score (nSPS) is 10.3. The minimum atomic E-state index is -0.219. The highest BCUT2D eigenvalue weighted by atomic mass is 79.9. The molecule has 6 heteroatoms. The highest BCUT2D eigenvalue weighted by molar-refractivity contribution is 9.10. The van der Waals surface area contributed by atoms with E-state index in [2.05, 4.69) is 26.3 Å². The van der Waals surface area contributed by atoms with Crippen LogP contribution in [0.15, 0.2) is 28.7 Å². The van der Waals surface area contributed by atoms with Crippen molar-refractivity contribution < 1.29 is 9.53 Å². The van der Waals surface area contributed by atoms with E-state index in [9.17, 15) is 4.79 Å². The Hall–Kier alpha value is -1.82. The van der Waals surface area contributed by atoms with Gasteiger partial charge in [-0.25, -0.2) is 0 Å². The number of amides is 1. The van der Waals surface area contributed by atoms with Crippen LogP contribution in [0.3, 0.4) is 0 Å². The number of rotatable bonds is 3. The zero-order valence-electron chi connectivity index (χ0n) is 10.9. The number of aryl methyl sites for hydroxylation is 2. The predicted octanol–water partition coefficient (Wildman–Crippen LogP) is 2.75. The van der Waals surface area contributed by atoms with E-state index in [0.29, 0.717) is 21.6 Å². The van der Waals surface area contributed by atoms with E-state index in [1.807, 2.05) is 19.1 Å². The Kier molecular flexibility index (Phi) is 3.90. The maximum absolute atomic E-state index is 12.2. The van der Waals surface area contributed by atoms with Gasteiger partial charge in [-0.3, -0.25) is 9.48 Å². The molecule has 0 saturated heterocycles. The largest absolute Gasteiger partial charge is 0.497 e. The molecular formula is C13H14BrN3O2. The first-order valence-corrected chi connectivity index (χ1v) is 6.46. The first kappa shape index (κ1) is 13.6. The molecule has 0 aliphatic heterocycles. The molecule has 0 atom stereocenters. The van der Waals surface area contributed by atoms with Crippen LogP contribution in [0.4, 0.5) is 5.69 Å². The van der Waals surface area contributed by atoms with Crippen LogP contribution in [-0.4, -0.2) is 22.8 Å². The third-order valence-corrected chi connectivity index (χ3v) is 3.64. The molecular weight excluding hydrogens is 310 g/mol. The molecule has 0 saturated carbocycles. The summed E-state index contributed by atoms with van der Waals surface area (Å²) in [5.41, 5.74) is 1.94. The molecule has 19 heavy (non-hydrogen) atoms. The van der Waals surface area contributed by atoms with E-state index in [0.717, 1.165) is 5.69 Å². The quantitative estimate of drug-likeness (QED) is 0.944. The average molecular weight is 324 g/mol. The predicted molar refractivity (Wildman–Crippen MR) is 76.6 cm³/mol. The van der Waals surface area contributed by atoms with Crippen molar-refractivity contribution in [2.24, 2.45) is 7.05 Å². The van der Waals surface area contributed by atoms with Crippen LogP contribution in [0.2, 0.25) is 0 Å². The average Bonchev–Trinajstić information content (AvgIpc) is 2.63. The Morgan fingerprint density at radius 2 is 2.21 bits per heavy atom. The van der Waals surface area contributed by atoms with Crippen molar-refractivity contribution in [2.75, 3.05) is 12.4 Å². The van der Waals surface area contributed by atoms with Crippen molar-refractivity contribution >= 4 is 27.5 Å². The molecule has 2 aromatic rings. The highest BCUT2D eigenvalue weighted by Gasteiger charge is 2.18. The Balaban J connectivity index is 2.25. The van der Waals surface area contributed by atoms with Crippen molar-refractivity contribution in [3.63, 3.8) is 0 Å². The van der Waals surface area contributed by atoms with Gasteiger partial charge in [0.05, 0.1) is 17.3 Å². The van der Waals surface area contributed by atoms with Gasteiger partial charge >= 0.3 is 0 Å². The van der Waals surface area contributed by atoms with Crippen molar-refractivity contribution in [1.29, 1.82) is 0 Å². The van der Waals surface area contributed by atoms with Crippen LogP contribution in [-0.2, 0) is 7.05 Å². The molecule has 0 fully saturated rings. The summed E-state index contributed by atoms with van der Waals surface area (Å²) in [5, 5.41) is 7.01. The number of halogens is 1. The fraction of sp³-hybridized carbons (Fsp3) is 0.231. The molecule has 1 aromatic heterocycles. The first-order chi connectivity index (χ1) is 9.02. The monoisotopic (exact) mass is 323 g/mol. The van der Waals surface area contributed by atoms with Crippen molar-refractivity contribution in [3.8, 4) is 5.75 Å². The Bertz CT molecular complexity index is 622. The molecule has 1 N–H and O–H groups in total. The SMILES string of the molecule is COc1cccc(NC(=O)c2c(Br)c(C)nn2C)c1. The van der Waals surface area contributed by atoms with Crippen LogP contribution in [0.1, 0.15) is 16.2 Å². The lowest BCUT2D eigenvalue weighted by Crippen LogP contribution is -2.16. The molecule has 0 bridgehead atoms. The van der Waals surface area contributed by atoms with Crippen LogP contribution in [0.25, 0.3) is 0 Å². The number of benzene rings is 1. The smallest absolute Gasteiger partial charge is 0.275 e. The Morgan fingerprint density at radius 1 is 1.47 bits per heavy atom. The minimum absolute atomic E-state index is 0.219. The van der Waals surface area contributed by atoms with E-state index in [4.69, 9.17) is 4.74 Å². The lowest BCUT2D eigenvalue weighted by molar-refractivity contribution is 0.101. The molecule has 2 rings (SSSR count). The molecule has 0 unspecified atom stereocenters. The maximum atomic E-state index is 12.2. The van der Waals surface area contributed by atoms with Gasteiger partial charge in [0.1, 0.15) is 11.4 Å². The van der Waals surface area contributed by atoms with E-state index < -0.39 is 0 Å². The number of carbonyl (C=O) groups excluding carboxylic acids is 1. The molecule has 0 aliphatic carbocycles. The first-order valence-electron chi connectivity index (χ1n) is 5.67. The van der Waals surface area contributed by atoms with E-state index in [1.54, 1.807) is 31.0 Å². The lowest BCUT2D eigenvalue weighted by Gasteiger charge is -2.07. The third kappa shape index (κ3) is 2.78. The van der Waals surface area contributed by atoms with Crippen LogP contribution >= 0.6 is 15.9 Å². The van der Waals surface area contributed by atoms with Crippen molar-refractivity contribution in [2.45, 2.75) is 6.92 Å². The molecule has 0 radical (unpaired) electrons. The summed E-state index contributed by atoms with van der Waals surface area (Å²) in [7, 11) is 3.32. The topological polar surface area (TPSA) is 56.1 Å². The zero-order chi connectivity index (χ0) is 14.0. The van der Waals surface area contributed by atoms with Gasteiger partial charge in [-0.1, -0.05) is 6.07 Å². The van der Waals surface area contributed by atoms with Crippen molar-refractivity contribution in [3.05, 3.63) is 40.1 Å². The van der Waals surface area contributed by atoms with Gasteiger partial charge < -0.3 is 10.1 Å². The fourth-order valence-electron chi connectivity index (χ4n) is 1.77. The second kappa shape index (κ2) is 5.44. The van der Waals surface area contributed by atoms with E-state index >= 15 is 0 Å². The number of hydrogen-bond acceptors (Lipinski definition) is 3. The van der Waals surface area contributed by atoms with Gasteiger partial charge in [-0.15, -0.1) is 0 Å². The van der Waals surface area contributed by atoms with Crippen LogP contribution in [0.5, 0.6) is 5.75 Å².